The predicted molar refractivity (Wildman–Crippen MR) is 92.0 cm³/mol. The molecule has 1 saturated heterocycles. The quantitative estimate of drug-likeness (QED) is 0.786. The summed E-state index contributed by atoms with van der Waals surface area (Å²) < 4.78 is 5.72. The van der Waals surface area contributed by atoms with Crippen LogP contribution in [0.5, 0.6) is 0 Å². The molecule has 1 aliphatic heterocycles. The summed E-state index contributed by atoms with van der Waals surface area (Å²) in [5.41, 5.74) is 2.77. The first-order valence-corrected chi connectivity index (χ1v) is 8.33. The Hall–Kier alpha value is -2.80. The van der Waals surface area contributed by atoms with E-state index in [9.17, 15) is 4.79 Å². The van der Waals surface area contributed by atoms with E-state index in [1.807, 2.05) is 17.2 Å². The molecule has 1 fully saturated rings. The van der Waals surface area contributed by atoms with Crippen LogP contribution in [0.15, 0.2) is 43.1 Å². The van der Waals surface area contributed by atoms with E-state index >= 15 is 0 Å². The number of carbonyl (C=O) groups is 1. The summed E-state index contributed by atoms with van der Waals surface area (Å²) in [7, 11) is 0. The summed E-state index contributed by atoms with van der Waals surface area (Å²) in [6.07, 6.45) is 7.23. The molecule has 3 aromatic rings. The number of amides is 1. The van der Waals surface area contributed by atoms with Crippen LogP contribution < -0.4 is 0 Å². The van der Waals surface area contributed by atoms with Crippen molar-refractivity contribution in [2.45, 2.75) is 6.42 Å². The van der Waals surface area contributed by atoms with Gasteiger partial charge >= 0.3 is 0 Å². The molecule has 0 bridgehead atoms. The number of nitrogens with zero attached hydrogens (tertiary/aromatic N) is 4. The van der Waals surface area contributed by atoms with Crippen LogP contribution in [-0.2, 0) is 11.2 Å². The highest BCUT2D eigenvalue weighted by Crippen LogP contribution is 2.19. The summed E-state index contributed by atoms with van der Waals surface area (Å²) in [6.45, 7) is 2.46. The highest BCUT2D eigenvalue weighted by Gasteiger charge is 2.24. The van der Waals surface area contributed by atoms with Crippen molar-refractivity contribution >= 4 is 16.8 Å². The molecule has 0 spiro atoms. The molecule has 7 nitrogen and oxygen atoms in total. The molecule has 1 atom stereocenters. The molecule has 1 N–H and O–H groups in total. The molecule has 25 heavy (non-hydrogen) atoms. The molecule has 1 aromatic carbocycles. The van der Waals surface area contributed by atoms with E-state index in [0.717, 1.165) is 17.3 Å². The van der Waals surface area contributed by atoms with Gasteiger partial charge in [-0.3, -0.25) is 9.89 Å². The van der Waals surface area contributed by atoms with Crippen molar-refractivity contribution in [3.05, 3.63) is 54.2 Å². The van der Waals surface area contributed by atoms with Crippen LogP contribution in [0.1, 0.15) is 15.9 Å². The topological polar surface area (TPSA) is 84.0 Å². The van der Waals surface area contributed by atoms with Crippen LogP contribution in [0, 0.1) is 5.92 Å². The van der Waals surface area contributed by atoms with Gasteiger partial charge in [-0.05, 0) is 24.1 Å². The summed E-state index contributed by atoms with van der Waals surface area (Å²) in [5, 5.41) is 8.12. The van der Waals surface area contributed by atoms with Gasteiger partial charge in [0.15, 0.2) is 0 Å². The summed E-state index contributed by atoms with van der Waals surface area (Å²) >= 11 is 0. The van der Waals surface area contributed by atoms with Crippen molar-refractivity contribution < 1.29 is 9.53 Å². The Morgan fingerprint density at radius 2 is 2.16 bits per heavy atom. The standard InChI is InChI=1S/C18H19N5O2/c24-18(16-7-19-12-20-8-16)23-3-4-25-11-14(10-23)5-13-1-2-17-15(6-13)9-21-22-17/h1-2,6-9,12,14H,3-5,10-11H2,(H,21,22)/t14-/m0/s1. The van der Waals surface area contributed by atoms with E-state index in [1.54, 1.807) is 12.4 Å². The third-order valence-electron chi connectivity index (χ3n) is 4.46. The first kappa shape index (κ1) is 15.7. The second kappa shape index (κ2) is 6.98. The molecular weight excluding hydrogens is 318 g/mol. The lowest BCUT2D eigenvalue weighted by Crippen LogP contribution is -2.36. The average molecular weight is 337 g/mol. The minimum Gasteiger partial charge on any atom is -0.379 e. The second-order valence-electron chi connectivity index (χ2n) is 6.31. The van der Waals surface area contributed by atoms with Crippen LogP contribution >= 0.6 is 0 Å². The van der Waals surface area contributed by atoms with Crippen LogP contribution in [0.2, 0.25) is 0 Å². The molecule has 1 aliphatic rings. The van der Waals surface area contributed by atoms with Crippen molar-refractivity contribution in [3.8, 4) is 0 Å². The number of aromatic nitrogens is 4. The number of aromatic amines is 1. The van der Waals surface area contributed by atoms with Gasteiger partial charge in [-0.25, -0.2) is 9.97 Å². The van der Waals surface area contributed by atoms with E-state index in [0.29, 0.717) is 31.9 Å². The molecule has 0 saturated carbocycles. The number of hydrogen-bond acceptors (Lipinski definition) is 5. The smallest absolute Gasteiger partial charge is 0.257 e. The van der Waals surface area contributed by atoms with Gasteiger partial charge in [-0.15, -0.1) is 0 Å². The van der Waals surface area contributed by atoms with Gasteiger partial charge in [-0.1, -0.05) is 6.07 Å². The number of nitrogens with one attached hydrogen (secondary N) is 1. The van der Waals surface area contributed by atoms with E-state index in [-0.39, 0.29) is 11.8 Å². The first-order valence-electron chi connectivity index (χ1n) is 8.33. The number of benzene rings is 1. The SMILES string of the molecule is O=C(c1cncnc1)N1CCOC[C@@H](Cc2ccc3[nH]ncc3c2)C1. The maximum atomic E-state index is 12.7. The molecular formula is C18H19N5O2. The Morgan fingerprint density at radius 1 is 1.28 bits per heavy atom. The average Bonchev–Trinajstić information content (AvgIpc) is 2.99. The molecule has 0 unspecified atom stereocenters. The molecule has 2 aromatic heterocycles. The largest absolute Gasteiger partial charge is 0.379 e. The highest BCUT2D eigenvalue weighted by atomic mass is 16.5. The van der Waals surface area contributed by atoms with Gasteiger partial charge in [0.2, 0.25) is 0 Å². The monoisotopic (exact) mass is 337 g/mol. The van der Waals surface area contributed by atoms with Gasteiger partial charge in [0.05, 0.1) is 30.5 Å². The Morgan fingerprint density at radius 3 is 3.04 bits per heavy atom. The molecule has 3 heterocycles. The van der Waals surface area contributed by atoms with E-state index in [1.165, 1.54) is 11.9 Å². The fraction of sp³-hybridized carbons (Fsp3) is 0.333. The molecule has 0 aliphatic carbocycles. The lowest BCUT2D eigenvalue weighted by atomic mass is 9.98. The lowest BCUT2D eigenvalue weighted by Gasteiger charge is -2.23. The number of ether oxygens (including phenoxy) is 1. The van der Waals surface area contributed by atoms with E-state index in [2.05, 4.69) is 32.3 Å². The van der Waals surface area contributed by atoms with Crippen LogP contribution in [0.4, 0.5) is 0 Å². The van der Waals surface area contributed by atoms with Crippen LogP contribution in [0.25, 0.3) is 10.9 Å². The van der Waals surface area contributed by atoms with Gasteiger partial charge < -0.3 is 9.64 Å². The third kappa shape index (κ3) is 3.51. The molecule has 4 rings (SSSR count). The Bertz CT molecular complexity index is 864. The minimum absolute atomic E-state index is 0.0404. The van der Waals surface area contributed by atoms with Crippen LogP contribution in [-0.4, -0.2) is 57.3 Å². The number of hydrogen-bond donors (Lipinski definition) is 1. The van der Waals surface area contributed by atoms with E-state index in [4.69, 9.17) is 4.74 Å². The Balaban J connectivity index is 1.48. The number of fused-ring (bicyclic) bond motifs is 1. The zero-order chi connectivity index (χ0) is 17.1. The van der Waals surface area contributed by atoms with E-state index < -0.39 is 0 Å². The summed E-state index contributed by atoms with van der Waals surface area (Å²) in [4.78, 5) is 22.4. The third-order valence-corrected chi connectivity index (χ3v) is 4.46. The lowest BCUT2D eigenvalue weighted by molar-refractivity contribution is 0.0736. The zero-order valence-corrected chi connectivity index (χ0v) is 13.8. The normalized spacial score (nSPS) is 18.2. The maximum absolute atomic E-state index is 12.7. The van der Waals surface area contributed by atoms with Gasteiger partial charge in [-0.2, -0.15) is 5.10 Å². The van der Waals surface area contributed by atoms with Crippen molar-refractivity contribution in [1.29, 1.82) is 0 Å². The van der Waals surface area contributed by atoms with Crippen molar-refractivity contribution in [2.75, 3.05) is 26.3 Å². The first-order chi connectivity index (χ1) is 12.3. The molecule has 0 radical (unpaired) electrons. The fourth-order valence-corrected chi connectivity index (χ4v) is 3.23. The van der Waals surface area contributed by atoms with Crippen molar-refractivity contribution in [2.24, 2.45) is 5.92 Å². The van der Waals surface area contributed by atoms with Crippen LogP contribution in [0.3, 0.4) is 0 Å². The van der Waals surface area contributed by atoms with Gasteiger partial charge in [0, 0.05) is 36.8 Å². The maximum Gasteiger partial charge on any atom is 0.257 e. The fourth-order valence-electron chi connectivity index (χ4n) is 3.23. The van der Waals surface area contributed by atoms with Crippen molar-refractivity contribution in [1.82, 2.24) is 25.1 Å². The molecule has 1 amide bonds. The Labute approximate surface area is 145 Å². The Kier molecular flexibility index (Phi) is 4.39. The van der Waals surface area contributed by atoms with Crippen molar-refractivity contribution in [3.63, 3.8) is 0 Å². The van der Waals surface area contributed by atoms with Gasteiger partial charge in [0.1, 0.15) is 6.33 Å². The molecule has 128 valence electrons. The summed E-state index contributed by atoms with van der Waals surface area (Å²) in [5.74, 6) is 0.210. The highest BCUT2D eigenvalue weighted by molar-refractivity contribution is 5.93. The second-order valence-corrected chi connectivity index (χ2v) is 6.31. The molecule has 7 heteroatoms. The number of rotatable bonds is 3. The minimum atomic E-state index is -0.0404. The summed E-state index contributed by atoms with van der Waals surface area (Å²) in [6, 6.07) is 6.28. The number of H-pyrrole nitrogens is 1. The number of carbonyl (C=O) groups excluding carboxylic acids is 1. The van der Waals surface area contributed by atoms with Gasteiger partial charge in [0.25, 0.3) is 5.91 Å². The predicted octanol–water partition coefficient (Wildman–Crippen LogP) is 1.68. The zero-order valence-electron chi connectivity index (χ0n) is 13.8.